The monoisotopic (exact) mass is 238 g/mol. The fourth-order valence-electron chi connectivity index (χ4n) is 2.98. The molecule has 0 aromatic rings. The van der Waals surface area contributed by atoms with Crippen LogP contribution in [-0.2, 0) is 4.79 Å². The van der Waals surface area contributed by atoms with Gasteiger partial charge in [-0.05, 0) is 51.0 Å². The summed E-state index contributed by atoms with van der Waals surface area (Å²) in [6, 6.07) is 0.413. The van der Waals surface area contributed by atoms with E-state index in [-0.39, 0.29) is 5.91 Å². The molecule has 2 N–H and O–H groups in total. The van der Waals surface area contributed by atoms with E-state index in [4.69, 9.17) is 0 Å². The van der Waals surface area contributed by atoms with Crippen LogP contribution in [0.3, 0.4) is 0 Å². The third-order valence-corrected chi connectivity index (χ3v) is 4.25. The van der Waals surface area contributed by atoms with Gasteiger partial charge in [-0.15, -0.1) is 0 Å². The molecule has 17 heavy (non-hydrogen) atoms. The lowest BCUT2D eigenvalue weighted by Crippen LogP contribution is -2.59. The molecule has 1 heterocycles. The van der Waals surface area contributed by atoms with Gasteiger partial charge in [-0.2, -0.15) is 0 Å². The Morgan fingerprint density at radius 1 is 1.47 bits per heavy atom. The summed E-state index contributed by atoms with van der Waals surface area (Å²) >= 11 is 0. The van der Waals surface area contributed by atoms with Gasteiger partial charge in [0.15, 0.2) is 0 Å². The van der Waals surface area contributed by atoms with Crippen molar-refractivity contribution in [1.82, 2.24) is 10.6 Å². The minimum absolute atomic E-state index is 0.250. The van der Waals surface area contributed by atoms with Crippen LogP contribution in [0.5, 0.6) is 0 Å². The summed E-state index contributed by atoms with van der Waals surface area (Å²) in [6.07, 6.45) is 7.86. The highest BCUT2D eigenvalue weighted by molar-refractivity contribution is 5.76. The maximum absolute atomic E-state index is 11.8. The van der Waals surface area contributed by atoms with Crippen molar-refractivity contribution in [3.8, 4) is 0 Å². The molecule has 1 amide bonds. The Balaban J connectivity index is 1.73. The summed E-state index contributed by atoms with van der Waals surface area (Å²) in [5.41, 5.74) is 0.383. The van der Waals surface area contributed by atoms with Crippen LogP contribution < -0.4 is 10.6 Å². The first-order valence-electron chi connectivity index (χ1n) is 7.14. The van der Waals surface area contributed by atoms with E-state index < -0.39 is 0 Å². The zero-order valence-electron chi connectivity index (χ0n) is 11.2. The Bertz CT molecular complexity index is 271. The smallest absolute Gasteiger partial charge is 0.220 e. The van der Waals surface area contributed by atoms with Crippen molar-refractivity contribution in [1.29, 1.82) is 0 Å². The van der Waals surface area contributed by atoms with E-state index in [0.717, 1.165) is 25.8 Å². The number of amides is 1. The van der Waals surface area contributed by atoms with Crippen LogP contribution in [0.25, 0.3) is 0 Å². The summed E-state index contributed by atoms with van der Waals surface area (Å²) in [4.78, 5) is 11.8. The van der Waals surface area contributed by atoms with Crippen molar-refractivity contribution in [3.63, 3.8) is 0 Å². The van der Waals surface area contributed by atoms with Gasteiger partial charge in [0.2, 0.25) is 5.91 Å². The highest BCUT2D eigenvalue weighted by atomic mass is 16.1. The summed E-state index contributed by atoms with van der Waals surface area (Å²) in [7, 11) is 0. The van der Waals surface area contributed by atoms with Gasteiger partial charge in [-0.3, -0.25) is 4.79 Å². The lowest BCUT2D eigenvalue weighted by molar-refractivity contribution is -0.122. The SMILES string of the molecule is CC(C)CCC(=O)NC1CCNC2(CCC2)C1. The van der Waals surface area contributed by atoms with Crippen LogP contribution in [0.15, 0.2) is 0 Å². The lowest BCUT2D eigenvalue weighted by atomic mass is 9.70. The number of carbonyl (C=O) groups excluding carboxylic acids is 1. The lowest BCUT2D eigenvalue weighted by Gasteiger charge is -2.48. The average Bonchev–Trinajstić information content (AvgIpc) is 2.25. The minimum atomic E-state index is 0.250. The first kappa shape index (κ1) is 12.9. The first-order valence-corrected chi connectivity index (χ1v) is 7.14. The van der Waals surface area contributed by atoms with Gasteiger partial charge in [0, 0.05) is 18.0 Å². The van der Waals surface area contributed by atoms with Gasteiger partial charge in [0.25, 0.3) is 0 Å². The van der Waals surface area contributed by atoms with E-state index in [1.807, 2.05) is 0 Å². The highest BCUT2D eigenvalue weighted by Gasteiger charge is 2.41. The number of piperidine rings is 1. The molecule has 3 nitrogen and oxygen atoms in total. The van der Waals surface area contributed by atoms with Gasteiger partial charge >= 0.3 is 0 Å². The Kier molecular flexibility index (Phi) is 4.08. The zero-order valence-corrected chi connectivity index (χ0v) is 11.2. The number of rotatable bonds is 4. The van der Waals surface area contributed by atoms with Crippen LogP contribution in [0.2, 0.25) is 0 Å². The summed E-state index contributed by atoms with van der Waals surface area (Å²) in [6.45, 7) is 5.40. The molecule has 1 aliphatic carbocycles. The van der Waals surface area contributed by atoms with Crippen molar-refractivity contribution < 1.29 is 4.79 Å². The van der Waals surface area contributed by atoms with E-state index in [1.54, 1.807) is 0 Å². The fourth-order valence-corrected chi connectivity index (χ4v) is 2.98. The van der Waals surface area contributed by atoms with E-state index in [0.29, 0.717) is 23.9 Å². The fraction of sp³-hybridized carbons (Fsp3) is 0.929. The molecule has 0 radical (unpaired) electrons. The molecule has 2 fully saturated rings. The molecule has 1 unspecified atom stereocenters. The topological polar surface area (TPSA) is 41.1 Å². The largest absolute Gasteiger partial charge is 0.353 e. The second-order valence-electron chi connectivity index (χ2n) is 6.25. The Morgan fingerprint density at radius 3 is 2.82 bits per heavy atom. The van der Waals surface area contributed by atoms with Crippen molar-refractivity contribution in [2.45, 2.75) is 70.4 Å². The van der Waals surface area contributed by atoms with Gasteiger partial charge < -0.3 is 10.6 Å². The van der Waals surface area contributed by atoms with Crippen LogP contribution >= 0.6 is 0 Å². The number of nitrogens with one attached hydrogen (secondary N) is 2. The van der Waals surface area contributed by atoms with Crippen molar-refractivity contribution in [2.75, 3.05) is 6.54 Å². The van der Waals surface area contributed by atoms with Crippen LogP contribution in [0, 0.1) is 5.92 Å². The second kappa shape index (κ2) is 5.38. The summed E-state index contributed by atoms with van der Waals surface area (Å²) in [5, 5.41) is 6.85. The van der Waals surface area contributed by atoms with Crippen molar-refractivity contribution >= 4 is 5.91 Å². The number of hydrogen-bond acceptors (Lipinski definition) is 2. The summed E-state index contributed by atoms with van der Waals surface area (Å²) in [5.74, 6) is 0.867. The van der Waals surface area contributed by atoms with Crippen LogP contribution in [0.4, 0.5) is 0 Å². The molecule has 98 valence electrons. The maximum atomic E-state index is 11.8. The third kappa shape index (κ3) is 3.44. The molecule has 1 saturated heterocycles. The molecule has 0 aromatic heterocycles. The predicted octanol–water partition coefficient (Wildman–Crippen LogP) is 2.21. The van der Waals surface area contributed by atoms with Crippen LogP contribution in [-0.4, -0.2) is 24.0 Å². The van der Waals surface area contributed by atoms with Crippen LogP contribution in [0.1, 0.15) is 58.8 Å². The Hall–Kier alpha value is -0.570. The quantitative estimate of drug-likeness (QED) is 0.788. The van der Waals surface area contributed by atoms with Gasteiger partial charge in [0.05, 0.1) is 0 Å². The molecule has 3 heteroatoms. The zero-order chi connectivity index (χ0) is 12.3. The van der Waals surface area contributed by atoms with Crippen molar-refractivity contribution in [3.05, 3.63) is 0 Å². The van der Waals surface area contributed by atoms with Gasteiger partial charge in [0.1, 0.15) is 0 Å². The molecular weight excluding hydrogens is 212 g/mol. The standard InChI is InChI=1S/C14H26N2O/c1-11(2)4-5-13(17)16-12-6-9-15-14(10-12)7-3-8-14/h11-12,15H,3-10H2,1-2H3,(H,16,17). The molecule has 1 atom stereocenters. The molecule has 1 aliphatic heterocycles. The van der Waals surface area contributed by atoms with Gasteiger partial charge in [-0.25, -0.2) is 0 Å². The average molecular weight is 238 g/mol. The third-order valence-electron chi connectivity index (χ3n) is 4.25. The molecule has 1 spiro atoms. The molecule has 2 aliphatic rings. The molecule has 0 bridgehead atoms. The van der Waals surface area contributed by atoms with E-state index in [1.165, 1.54) is 19.3 Å². The van der Waals surface area contributed by atoms with E-state index in [9.17, 15) is 4.79 Å². The second-order valence-corrected chi connectivity index (χ2v) is 6.25. The normalized spacial score (nSPS) is 26.9. The Morgan fingerprint density at radius 2 is 2.24 bits per heavy atom. The molecule has 1 saturated carbocycles. The minimum Gasteiger partial charge on any atom is -0.353 e. The number of carbonyl (C=O) groups is 1. The van der Waals surface area contributed by atoms with E-state index >= 15 is 0 Å². The Labute approximate surface area is 105 Å². The van der Waals surface area contributed by atoms with Gasteiger partial charge in [-0.1, -0.05) is 13.8 Å². The van der Waals surface area contributed by atoms with E-state index in [2.05, 4.69) is 24.5 Å². The molecular formula is C14H26N2O. The first-order chi connectivity index (χ1) is 8.10. The van der Waals surface area contributed by atoms with Crippen molar-refractivity contribution in [2.24, 2.45) is 5.92 Å². The molecule has 2 rings (SSSR count). The maximum Gasteiger partial charge on any atom is 0.220 e. The summed E-state index contributed by atoms with van der Waals surface area (Å²) < 4.78 is 0. The molecule has 0 aromatic carbocycles. The highest BCUT2D eigenvalue weighted by Crippen LogP contribution is 2.38. The predicted molar refractivity (Wildman–Crippen MR) is 69.8 cm³/mol. The number of hydrogen-bond donors (Lipinski definition) is 2.